The largest absolute Gasteiger partial charge is 0.334 e. The van der Waals surface area contributed by atoms with Gasteiger partial charge in [0.1, 0.15) is 5.82 Å². The second-order valence-electron chi connectivity index (χ2n) is 5.82. The van der Waals surface area contributed by atoms with Crippen LogP contribution in [0.2, 0.25) is 0 Å². The minimum Gasteiger partial charge on any atom is -0.334 e. The van der Waals surface area contributed by atoms with Crippen molar-refractivity contribution < 1.29 is 0 Å². The van der Waals surface area contributed by atoms with Gasteiger partial charge in [-0.15, -0.1) is 0 Å². The summed E-state index contributed by atoms with van der Waals surface area (Å²) in [4.78, 5) is 4.40. The molecule has 1 N–H and O–H groups in total. The van der Waals surface area contributed by atoms with E-state index in [2.05, 4.69) is 55.7 Å². The van der Waals surface area contributed by atoms with Crippen molar-refractivity contribution >= 4 is 0 Å². The Morgan fingerprint density at radius 2 is 2.06 bits per heavy atom. The summed E-state index contributed by atoms with van der Waals surface area (Å²) in [5.41, 5.74) is 0.148. The zero-order chi connectivity index (χ0) is 12.2. The zero-order valence-electron chi connectivity index (χ0n) is 11.2. The van der Waals surface area contributed by atoms with Crippen molar-refractivity contribution in [1.82, 2.24) is 14.9 Å². The molecule has 1 rings (SSSR count). The number of aryl methyl sites for hydroxylation is 1. The summed E-state index contributed by atoms with van der Waals surface area (Å²) >= 11 is 0. The Balaban J connectivity index is 2.50. The lowest BCUT2D eigenvalue weighted by atomic mass is 10.1. The van der Waals surface area contributed by atoms with Gasteiger partial charge in [0.15, 0.2) is 0 Å². The molecule has 0 unspecified atom stereocenters. The van der Waals surface area contributed by atoms with Crippen LogP contribution in [0.15, 0.2) is 12.4 Å². The van der Waals surface area contributed by atoms with Crippen LogP contribution in [0.1, 0.15) is 46.9 Å². The van der Waals surface area contributed by atoms with Gasteiger partial charge in [-0.05, 0) is 33.1 Å². The van der Waals surface area contributed by atoms with E-state index in [0.29, 0.717) is 0 Å². The fourth-order valence-corrected chi connectivity index (χ4v) is 1.45. The smallest absolute Gasteiger partial charge is 0.122 e. The Bertz CT molecular complexity index is 307. The molecule has 1 aromatic rings. The van der Waals surface area contributed by atoms with Crippen molar-refractivity contribution in [3.63, 3.8) is 0 Å². The van der Waals surface area contributed by atoms with Crippen LogP contribution in [0.5, 0.6) is 0 Å². The number of hydrogen-bond acceptors (Lipinski definition) is 2. The fourth-order valence-electron chi connectivity index (χ4n) is 1.45. The van der Waals surface area contributed by atoms with Gasteiger partial charge in [0.2, 0.25) is 0 Å². The summed E-state index contributed by atoms with van der Waals surface area (Å²) in [6.45, 7) is 12.9. The second kappa shape index (κ2) is 5.48. The summed E-state index contributed by atoms with van der Waals surface area (Å²) in [7, 11) is 0. The molecule has 0 saturated carbocycles. The number of imidazole rings is 1. The maximum atomic E-state index is 4.40. The van der Waals surface area contributed by atoms with Gasteiger partial charge >= 0.3 is 0 Å². The fraction of sp³-hybridized carbons (Fsp3) is 0.769. The Morgan fingerprint density at radius 3 is 2.62 bits per heavy atom. The lowest BCUT2D eigenvalue weighted by molar-refractivity contribution is 0.407. The summed E-state index contributed by atoms with van der Waals surface area (Å²) in [5.74, 6) is 1.88. The molecule has 0 aromatic carbocycles. The van der Waals surface area contributed by atoms with Gasteiger partial charge in [-0.1, -0.05) is 13.8 Å². The summed E-state index contributed by atoms with van der Waals surface area (Å²) in [5, 5.41) is 3.47. The van der Waals surface area contributed by atoms with E-state index in [-0.39, 0.29) is 5.54 Å². The van der Waals surface area contributed by atoms with E-state index in [9.17, 15) is 0 Å². The number of hydrogen-bond donors (Lipinski definition) is 1. The molecule has 0 aliphatic carbocycles. The first-order valence-corrected chi connectivity index (χ1v) is 6.13. The lowest BCUT2D eigenvalue weighted by Gasteiger charge is -2.20. The molecule has 0 spiro atoms. The van der Waals surface area contributed by atoms with Gasteiger partial charge in [0, 0.05) is 24.5 Å². The van der Waals surface area contributed by atoms with Crippen LogP contribution < -0.4 is 5.32 Å². The maximum Gasteiger partial charge on any atom is 0.122 e. The van der Waals surface area contributed by atoms with Crippen molar-refractivity contribution in [3.8, 4) is 0 Å². The minimum absolute atomic E-state index is 0.148. The standard InChI is InChI=1S/C13H25N3/c1-11(2)6-8-16-9-7-14-12(16)10-15-13(3,4)5/h7,9,11,15H,6,8,10H2,1-5H3. The van der Waals surface area contributed by atoms with Gasteiger partial charge in [-0.25, -0.2) is 4.98 Å². The minimum atomic E-state index is 0.148. The van der Waals surface area contributed by atoms with Gasteiger partial charge in [-0.3, -0.25) is 0 Å². The van der Waals surface area contributed by atoms with E-state index in [1.54, 1.807) is 0 Å². The zero-order valence-corrected chi connectivity index (χ0v) is 11.2. The van der Waals surface area contributed by atoms with Crippen LogP contribution in [-0.2, 0) is 13.1 Å². The van der Waals surface area contributed by atoms with E-state index in [4.69, 9.17) is 0 Å². The predicted molar refractivity (Wildman–Crippen MR) is 68.3 cm³/mol. The van der Waals surface area contributed by atoms with Gasteiger partial charge in [0.25, 0.3) is 0 Å². The Hall–Kier alpha value is -0.830. The molecule has 16 heavy (non-hydrogen) atoms. The monoisotopic (exact) mass is 223 g/mol. The molecule has 0 atom stereocenters. The molecule has 0 aliphatic rings. The van der Waals surface area contributed by atoms with Crippen molar-refractivity contribution in [3.05, 3.63) is 18.2 Å². The molecule has 0 aliphatic heterocycles. The Labute approximate surface area is 99.3 Å². The van der Waals surface area contributed by atoms with E-state index in [1.165, 1.54) is 6.42 Å². The van der Waals surface area contributed by atoms with E-state index in [1.807, 2.05) is 6.20 Å². The Morgan fingerprint density at radius 1 is 1.38 bits per heavy atom. The van der Waals surface area contributed by atoms with E-state index in [0.717, 1.165) is 24.8 Å². The Kier molecular flexibility index (Phi) is 4.54. The van der Waals surface area contributed by atoms with Gasteiger partial charge < -0.3 is 9.88 Å². The predicted octanol–water partition coefficient (Wildman–Crippen LogP) is 2.82. The first-order valence-electron chi connectivity index (χ1n) is 6.13. The first-order chi connectivity index (χ1) is 7.38. The average molecular weight is 223 g/mol. The average Bonchev–Trinajstić information content (AvgIpc) is 2.57. The highest BCUT2D eigenvalue weighted by molar-refractivity contribution is 4.93. The molecule has 3 nitrogen and oxygen atoms in total. The maximum absolute atomic E-state index is 4.40. The molecule has 0 fully saturated rings. The van der Waals surface area contributed by atoms with Crippen LogP contribution in [0.3, 0.4) is 0 Å². The molecule has 0 bridgehead atoms. The highest BCUT2D eigenvalue weighted by Gasteiger charge is 2.10. The highest BCUT2D eigenvalue weighted by Crippen LogP contribution is 2.07. The van der Waals surface area contributed by atoms with Gasteiger partial charge in [0.05, 0.1) is 6.54 Å². The molecule has 92 valence electrons. The third kappa shape index (κ3) is 4.79. The van der Waals surface area contributed by atoms with E-state index >= 15 is 0 Å². The molecule has 0 amide bonds. The normalized spacial score (nSPS) is 12.4. The quantitative estimate of drug-likeness (QED) is 0.832. The molecular formula is C13H25N3. The molecular weight excluding hydrogens is 198 g/mol. The number of aromatic nitrogens is 2. The lowest BCUT2D eigenvalue weighted by Crippen LogP contribution is -2.36. The van der Waals surface area contributed by atoms with Crippen molar-refractivity contribution in [2.75, 3.05) is 0 Å². The number of rotatable bonds is 5. The van der Waals surface area contributed by atoms with Crippen molar-refractivity contribution in [2.45, 2.75) is 59.7 Å². The number of nitrogens with zero attached hydrogens (tertiary/aromatic N) is 2. The molecule has 1 aromatic heterocycles. The van der Waals surface area contributed by atoms with Gasteiger partial charge in [-0.2, -0.15) is 0 Å². The second-order valence-corrected chi connectivity index (χ2v) is 5.82. The number of nitrogens with one attached hydrogen (secondary N) is 1. The highest BCUT2D eigenvalue weighted by atomic mass is 15.1. The van der Waals surface area contributed by atoms with Crippen LogP contribution in [0.25, 0.3) is 0 Å². The first kappa shape index (κ1) is 13.2. The third-order valence-electron chi connectivity index (χ3n) is 2.53. The van der Waals surface area contributed by atoms with Crippen molar-refractivity contribution in [2.24, 2.45) is 5.92 Å². The molecule has 0 saturated heterocycles. The van der Waals surface area contributed by atoms with Crippen LogP contribution in [0.4, 0.5) is 0 Å². The molecule has 1 heterocycles. The SMILES string of the molecule is CC(C)CCn1ccnc1CNC(C)(C)C. The summed E-state index contributed by atoms with van der Waals surface area (Å²) < 4.78 is 2.25. The molecule has 3 heteroatoms. The van der Waals surface area contributed by atoms with E-state index < -0.39 is 0 Å². The topological polar surface area (TPSA) is 29.9 Å². The third-order valence-corrected chi connectivity index (χ3v) is 2.53. The van der Waals surface area contributed by atoms with Crippen LogP contribution in [0, 0.1) is 5.92 Å². The molecule has 0 radical (unpaired) electrons. The summed E-state index contributed by atoms with van der Waals surface area (Å²) in [6.07, 6.45) is 5.17. The van der Waals surface area contributed by atoms with Crippen LogP contribution in [-0.4, -0.2) is 15.1 Å². The summed E-state index contributed by atoms with van der Waals surface area (Å²) in [6, 6.07) is 0. The van der Waals surface area contributed by atoms with Crippen LogP contribution >= 0.6 is 0 Å². The van der Waals surface area contributed by atoms with Crippen molar-refractivity contribution in [1.29, 1.82) is 0 Å².